The lowest BCUT2D eigenvalue weighted by Gasteiger charge is -2.08. The molecule has 0 aliphatic carbocycles. The van der Waals surface area contributed by atoms with E-state index in [4.69, 9.17) is 11.6 Å². The van der Waals surface area contributed by atoms with Crippen molar-refractivity contribution >= 4 is 57.8 Å². The molecule has 0 saturated carbocycles. The molecule has 24 heavy (non-hydrogen) atoms. The molecule has 0 saturated heterocycles. The van der Waals surface area contributed by atoms with Crippen LogP contribution in [-0.4, -0.2) is 23.8 Å². The summed E-state index contributed by atoms with van der Waals surface area (Å²) in [7, 11) is 0. The highest BCUT2D eigenvalue weighted by atomic mass is 127. The molecule has 1 amide bonds. The van der Waals surface area contributed by atoms with Gasteiger partial charge in [0, 0.05) is 21.9 Å². The first-order valence-electron chi connectivity index (χ1n) is 7.29. The van der Waals surface area contributed by atoms with Gasteiger partial charge in [0.1, 0.15) is 5.76 Å². The third-order valence-corrected chi connectivity index (χ3v) is 4.18. The van der Waals surface area contributed by atoms with E-state index in [1.807, 2.05) is 24.3 Å². The lowest BCUT2D eigenvalue weighted by molar-refractivity contribution is -0.116. The van der Waals surface area contributed by atoms with Crippen LogP contribution in [0, 0.1) is 3.57 Å². The minimum Gasteiger partial charge on any atom is -0.506 e. The number of amides is 1. The third kappa shape index (κ3) is 4.82. The Hall–Kier alpha value is -1.86. The summed E-state index contributed by atoms with van der Waals surface area (Å²) in [5.74, 6) is -0.620. The molecule has 0 fully saturated rings. The zero-order valence-corrected chi connectivity index (χ0v) is 15.9. The second kappa shape index (κ2) is 8.84. The summed E-state index contributed by atoms with van der Waals surface area (Å²) in [4.78, 5) is 16.6. The van der Waals surface area contributed by atoms with E-state index in [0.29, 0.717) is 22.8 Å². The molecule has 4 nitrogen and oxygen atoms in total. The van der Waals surface area contributed by atoms with Crippen LogP contribution < -0.4 is 5.32 Å². The van der Waals surface area contributed by atoms with E-state index in [1.165, 1.54) is 6.21 Å². The molecule has 0 aliphatic rings. The number of aliphatic imine (C=N–C) groups is 1. The summed E-state index contributed by atoms with van der Waals surface area (Å²) in [5, 5.41) is 13.6. The number of aliphatic hydroxyl groups excluding tert-OH is 1. The van der Waals surface area contributed by atoms with Crippen molar-refractivity contribution in [1.29, 1.82) is 0 Å². The van der Waals surface area contributed by atoms with Gasteiger partial charge in [0.2, 0.25) is 0 Å². The van der Waals surface area contributed by atoms with E-state index in [9.17, 15) is 9.90 Å². The van der Waals surface area contributed by atoms with Crippen molar-refractivity contribution in [2.75, 3.05) is 6.54 Å². The number of likely N-dealkylation sites (N-methyl/N-ethyl adjacent to an activating group) is 1. The first-order valence-corrected chi connectivity index (χ1v) is 8.74. The summed E-state index contributed by atoms with van der Waals surface area (Å²) < 4.78 is 1.09. The Morgan fingerprint density at radius 3 is 2.54 bits per heavy atom. The number of nitrogens with zero attached hydrogens (tertiary/aromatic N) is 1. The highest BCUT2D eigenvalue weighted by Crippen LogP contribution is 2.24. The summed E-state index contributed by atoms with van der Waals surface area (Å²) >= 11 is 8.31. The van der Waals surface area contributed by atoms with Crippen LogP contribution in [0.5, 0.6) is 0 Å². The van der Waals surface area contributed by atoms with E-state index in [1.54, 1.807) is 31.2 Å². The van der Waals surface area contributed by atoms with Gasteiger partial charge in [0.05, 0.1) is 16.3 Å². The topological polar surface area (TPSA) is 61.7 Å². The van der Waals surface area contributed by atoms with Crippen molar-refractivity contribution in [2.24, 2.45) is 4.99 Å². The van der Waals surface area contributed by atoms with E-state index in [2.05, 4.69) is 32.9 Å². The van der Waals surface area contributed by atoms with Crippen molar-refractivity contribution in [3.05, 3.63) is 68.3 Å². The fourth-order valence-electron chi connectivity index (χ4n) is 1.95. The van der Waals surface area contributed by atoms with Crippen LogP contribution in [0.3, 0.4) is 0 Å². The molecular weight excluding hydrogens is 439 g/mol. The molecule has 0 aliphatic heterocycles. The average molecular weight is 455 g/mol. The van der Waals surface area contributed by atoms with Crippen LogP contribution in [-0.2, 0) is 4.79 Å². The molecule has 0 aromatic heterocycles. The van der Waals surface area contributed by atoms with Gasteiger partial charge in [-0.05, 0) is 65.9 Å². The van der Waals surface area contributed by atoms with Gasteiger partial charge >= 0.3 is 0 Å². The zero-order chi connectivity index (χ0) is 17.5. The summed E-state index contributed by atoms with van der Waals surface area (Å²) in [6, 6.07) is 14.3. The fourth-order valence-corrected chi connectivity index (χ4v) is 2.53. The molecule has 0 spiro atoms. The standard InChI is InChI=1S/C18H16ClIN2O2/c1-2-21-18(24)15(11-22-13-9-7-12(20)8-10-13)17(23)14-5-3-4-6-16(14)19/h3-11,23H,2H2,1H3,(H,21,24). The lowest BCUT2D eigenvalue weighted by atomic mass is 10.1. The minimum atomic E-state index is -0.413. The van der Waals surface area contributed by atoms with Gasteiger partial charge in [-0.1, -0.05) is 23.7 Å². The van der Waals surface area contributed by atoms with Gasteiger partial charge in [-0.3, -0.25) is 9.79 Å². The molecule has 0 bridgehead atoms. The SMILES string of the molecule is CCNC(=O)C(C=Nc1ccc(I)cc1)=C(O)c1ccccc1Cl. The highest BCUT2D eigenvalue weighted by molar-refractivity contribution is 14.1. The van der Waals surface area contributed by atoms with Crippen LogP contribution in [0.25, 0.3) is 5.76 Å². The van der Waals surface area contributed by atoms with Gasteiger partial charge in [0.25, 0.3) is 5.91 Å². The molecule has 0 radical (unpaired) electrons. The Kier molecular flexibility index (Phi) is 6.81. The maximum Gasteiger partial charge on any atom is 0.256 e. The zero-order valence-electron chi connectivity index (χ0n) is 13.0. The normalized spacial score (nSPS) is 12.1. The van der Waals surface area contributed by atoms with Gasteiger partial charge in [-0.2, -0.15) is 0 Å². The Balaban J connectivity index is 2.44. The molecule has 2 rings (SSSR count). The summed E-state index contributed by atoms with van der Waals surface area (Å²) in [5.41, 5.74) is 1.13. The average Bonchev–Trinajstić information content (AvgIpc) is 2.57. The number of hydrogen-bond donors (Lipinski definition) is 2. The molecular formula is C18H16ClIN2O2. The quantitative estimate of drug-likeness (QED) is 0.296. The predicted molar refractivity (Wildman–Crippen MR) is 107 cm³/mol. The Morgan fingerprint density at radius 1 is 1.25 bits per heavy atom. The van der Waals surface area contributed by atoms with Gasteiger partial charge < -0.3 is 10.4 Å². The van der Waals surface area contributed by atoms with E-state index < -0.39 is 5.91 Å². The molecule has 124 valence electrons. The number of carbonyl (C=O) groups excluding carboxylic acids is 1. The summed E-state index contributed by atoms with van der Waals surface area (Å²) in [6.45, 7) is 2.24. The largest absolute Gasteiger partial charge is 0.506 e. The number of nitrogens with one attached hydrogen (secondary N) is 1. The van der Waals surface area contributed by atoms with Crippen molar-refractivity contribution in [2.45, 2.75) is 6.92 Å². The number of halogens is 2. The number of rotatable bonds is 5. The van der Waals surface area contributed by atoms with Crippen molar-refractivity contribution in [3.63, 3.8) is 0 Å². The molecule has 0 heterocycles. The number of benzene rings is 2. The minimum absolute atomic E-state index is 0.0588. The first kappa shape index (κ1) is 18.5. The number of aliphatic hydroxyl groups is 1. The van der Waals surface area contributed by atoms with E-state index in [0.717, 1.165) is 3.57 Å². The molecule has 2 aromatic rings. The Morgan fingerprint density at radius 2 is 1.92 bits per heavy atom. The van der Waals surface area contributed by atoms with E-state index in [-0.39, 0.29) is 11.3 Å². The Bertz CT molecular complexity index is 786. The number of carbonyl (C=O) groups is 1. The van der Waals surface area contributed by atoms with Crippen LogP contribution in [0.15, 0.2) is 59.1 Å². The monoisotopic (exact) mass is 454 g/mol. The van der Waals surface area contributed by atoms with Crippen molar-refractivity contribution < 1.29 is 9.90 Å². The molecule has 0 atom stereocenters. The fraction of sp³-hybridized carbons (Fsp3) is 0.111. The first-order chi connectivity index (χ1) is 11.5. The van der Waals surface area contributed by atoms with Crippen LogP contribution in [0.1, 0.15) is 12.5 Å². The maximum atomic E-state index is 12.3. The van der Waals surface area contributed by atoms with Crippen molar-refractivity contribution in [3.8, 4) is 0 Å². The summed E-state index contributed by atoms with van der Waals surface area (Å²) in [6.07, 6.45) is 1.35. The van der Waals surface area contributed by atoms with Gasteiger partial charge in [-0.25, -0.2) is 0 Å². The van der Waals surface area contributed by atoms with Gasteiger partial charge in [0.15, 0.2) is 0 Å². The highest BCUT2D eigenvalue weighted by Gasteiger charge is 2.16. The Labute approximate surface area is 159 Å². The molecule has 2 N–H and O–H groups in total. The predicted octanol–water partition coefficient (Wildman–Crippen LogP) is 4.75. The smallest absolute Gasteiger partial charge is 0.256 e. The molecule has 0 unspecified atom stereocenters. The van der Waals surface area contributed by atoms with Crippen LogP contribution in [0.2, 0.25) is 5.02 Å². The van der Waals surface area contributed by atoms with E-state index >= 15 is 0 Å². The lowest BCUT2D eigenvalue weighted by Crippen LogP contribution is -2.26. The van der Waals surface area contributed by atoms with Crippen molar-refractivity contribution in [1.82, 2.24) is 5.32 Å². The third-order valence-electron chi connectivity index (χ3n) is 3.14. The second-order valence-electron chi connectivity index (χ2n) is 4.84. The van der Waals surface area contributed by atoms with Crippen LogP contribution in [0.4, 0.5) is 5.69 Å². The van der Waals surface area contributed by atoms with Crippen LogP contribution >= 0.6 is 34.2 Å². The maximum absolute atomic E-state index is 12.3. The second-order valence-corrected chi connectivity index (χ2v) is 6.49. The molecule has 2 aromatic carbocycles. The molecule has 6 heteroatoms. The van der Waals surface area contributed by atoms with Gasteiger partial charge in [-0.15, -0.1) is 0 Å². The number of hydrogen-bond acceptors (Lipinski definition) is 3.